The van der Waals surface area contributed by atoms with Crippen LogP contribution in [0.3, 0.4) is 0 Å². The lowest BCUT2D eigenvalue weighted by atomic mass is 9.94. The second kappa shape index (κ2) is 11.5. The van der Waals surface area contributed by atoms with Crippen LogP contribution in [0.25, 0.3) is 76.5 Å². The van der Waals surface area contributed by atoms with E-state index in [4.69, 9.17) is 4.42 Å². The van der Waals surface area contributed by atoms with Crippen LogP contribution in [-0.2, 0) is 0 Å². The Bertz CT molecular complexity index is 2750. The molecule has 0 radical (unpaired) electrons. The highest BCUT2D eigenvalue weighted by atomic mass is 16.3. The number of rotatable bonds is 5. The number of anilines is 3. The van der Waals surface area contributed by atoms with Gasteiger partial charge in [0.15, 0.2) is 5.58 Å². The number of hydrogen-bond donors (Lipinski definition) is 0. The average molecular weight is 638 g/mol. The molecule has 234 valence electrons. The molecule has 0 aliphatic rings. The van der Waals surface area contributed by atoms with Crippen molar-refractivity contribution in [1.82, 2.24) is 0 Å². The zero-order valence-corrected chi connectivity index (χ0v) is 27.3. The summed E-state index contributed by atoms with van der Waals surface area (Å²) in [5.74, 6) is 0. The molecule has 0 saturated heterocycles. The van der Waals surface area contributed by atoms with Crippen molar-refractivity contribution < 1.29 is 4.42 Å². The summed E-state index contributed by atoms with van der Waals surface area (Å²) in [5, 5.41) is 9.26. The lowest BCUT2D eigenvalue weighted by Gasteiger charge is -2.30. The normalized spacial score (nSPS) is 11.6. The van der Waals surface area contributed by atoms with Crippen molar-refractivity contribution in [3.63, 3.8) is 0 Å². The van der Waals surface area contributed by atoms with Gasteiger partial charge in [-0.25, -0.2) is 0 Å². The number of para-hydroxylation sites is 1. The molecule has 1 heterocycles. The fourth-order valence-corrected chi connectivity index (χ4v) is 7.79. The Morgan fingerprint density at radius 1 is 0.340 bits per heavy atom. The summed E-state index contributed by atoms with van der Waals surface area (Å²) in [6.45, 7) is 0. The lowest BCUT2D eigenvalue weighted by Crippen LogP contribution is -2.12. The first kappa shape index (κ1) is 28.4. The molecule has 2 heteroatoms. The van der Waals surface area contributed by atoms with E-state index in [1.54, 1.807) is 0 Å². The minimum atomic E-state index is 0.873. The molecule has 0 aliphatic heterocycles. The fourth-order valence-electron chi connectivity index (χ4n) is 7.79. The first-order valence-corrected chi connectivity index (χ1v) is 17.1. The van der Waals surface area contributed by atoms with E-state index in [-0.39, 0.29) is 0 Å². The van der Waals surface area contributed by atoms with Gasteiger partial charge in [-0.05, 0) is 62.7 Å². The van der Waals surface area contributed by atoms with E-state index in [0.29, 0.717) is 0 Å². The highest BCUT2D eigenvalue weighted by Crippen LogP contribution is 2.51. The molecular formula is C48H31NO. The van der Waals surface area contributed by atoms with Crippen molar-refractivity contribution in [2.75, 3.05) is 4.90 Å². The summed E-state index contributed by atoms with van der Waals surface area (Å²) < 4.78 is 6.88. The van der Waals surface area contributed by atoms with Gasteiger partial charge in [0.2, 0.25) is 0 Å². The SMILES string of the molecule is c1ccc(-c2ccc(N(c3ccc(-c4ccccc4)c4ccccc34)c3c4ccccc4cc4c3oc3ccccc34)c3ccccc23)cc1. The predicted molar refractivity (Wildman–Crippen MR) is 212 cm³/mol. The Labute approximate surface area is 290 Å². The van der Waals surface area contributed by atoms with Crippen molar-refractivity contribution in [2.45, 2.75) is 0 Å². The van der Waals surface area contributed by atoms with E-state index < -0.39 is 0 Å². The molecule has 0 unspecified atom stereocenters. The van der Waals surface area contributed by atoms with Crippen molar-refractivity contribution in [2.24, 2.45) is 0 Å². The fraction of sp³-hybridized carbons (Fsp3) is 0. The second-order valence-electron chi connectivity index (χ2n) is 12.8. The molecule has 10 aromatic rings. The van der Waals surface area contributed by atoms with Crippen LogP contribution in [0.4, 0.5) is 17.1 Å². The Morgan fingerprint density at radius 2 is 0.800 bits per heavy atom. The molecule has 2 nitrogen and oxygen atoms in total. The molecule has 9 aromatic carbocycles. The Balaban J connectivity index is 1.36. The average Bonchev–Trinajstić information content (AvgIpc) is 3.56. The molecule has 0 N–H and O–H groups in total. The van der Waals surface area contributed by atoms with E-state index in [0.717, 1.165) is 44.4 Å². The maximum Gasteiger partial charge on any atom is 0.160 e. The number of nitrogens with zero attached hydrogens (tertiary/aromatic N) is 1. The number of benzene rings is 9. The smallest absolute Gasteiger partial charge is 0.160 e. The first-order valence-electron chi connectivity index (χ1n) is 17.1. The molecule has 0 atom stereocenters. The minimum absolute atomic E-state index is 0.873. The summed E-state index contributed by atoms with van der Waals surface area (Å²) in [4.78, 5) is 2.46. The van der Waals surface area contributed by atoms with Crippen LogP contribution in [0.15, 0.2) is 192 Å². The van der Waals surface area contributed by atoms with E-state index in [2.05, 4.69) is 187 Å². The van der Waals surface area contributed by atoms with Crippen LogP contribution in [0.1, 0.15) is 0 Å². The molecule has 10 rings (SSSR count). The van der Waals surface area contributed by atoms with Gasteiger partial charge in [0.05, 0.1) is 17.1 Å². The molecule has 0 bridgehead atoms. The maximum absolute atomic E-state index is 6.88. The van der Waals surface area contributed by atoms with E-state index in [1.807, 2.05) is 6.07 Å². The molecule has 1 aromatic heterocycles. The van der Waals surface area contributed by atoms with Crippen LogP contribution in [0.5, 0.6) is 0 Å². The van der Waals surface area contributed by atoms with Crippen LogP contribution < -0.4 is 4.90 Å². The van der Waals surface area contributed by atoms with E-state index >= 15 is 0 Å². The molecule has 0 amide bonds. The van der Waals surface area contributed by atoms with Crippen molar-refractivity contribution in [3.05, 3.63) is 188 Å². The Kier molecular flexibility index (Phi) is 6.53. The van der Waals surface area contributed by atoms with Gasteiger partial charge in [0.25, 0.3) is 0 Å². The number of hydrogen-bond acceptors (Lipinski definition) is 2. The third kappa shape index (κ3) is 4.43. The van der Waals surface area contributed by atoms with Crippen LogP contribution in [0.2, 0.25) is 0 Å². The van der Waals surface area contributed by atoms with Gasteiger partial charge in [-0.1, -0.05) is 164 Å². The van der Waals surface area contributed by atoms with Gasteiger partial charge in [-0.15, -0.1) is 0 Å². The predicted octanol–water partition coefficient (Wildman–Crippen LogP) is 13.8. The zero-order valence-electron chi connectivity index (χ0n) is 27.3. The van der Waals surface area contributed by atoms with Gasteiger partial charge in [-0.3, -0.25) is 0 Å². The van der Waals surface area contributed by atoms with Crippen molar-refractivity contribution in [3.8, 4) is 22.3 Å². The quantitative estimate of drug-likeness (QED) is 0.187. The topological polar surface area (TPSA) is 16.4 Å². The van der Waals surface area contributed by atoms with Gasteiger partial charge < -0.3 is 9.32 Å². The Hall–Kier alpha value is -6.64. The number of furan rings is 1. The summed E-state index contributed by atoms with van der Waals surface area (Å²) in [6, 6.07) is 67.4. The highest BCUT2D eigenvalue weighted by molar-refractivity contribution is 6.22. The summed E-state index contributed by atoms with van der Waals surface area (Å²) in [7, 11) is 0. The minimum Gasteiger partial charge on any atom is -0.454 e. The molecule has 0 saturated carbocycles. The van der Waals surface area contributed by atoms with Gasteiger partial charge >= 0.3 is 0 Å². The third-order valence-electron chi connectivity index (χ3n) is 10.0. The van der Waals surface area contributed by atoms with Gasteiger partial charge in [0.1, 0.15) is 5.58 Å². The molecule has 0 aliphatic carbocycles. The maximum atomic E-state index is 6.88. The zero-order chi connectivity index (χ0) is 33.0. The highest BCUT2D eigenvalue weighted by Gasteiger charge is 2.26. The Morgan fingerprint density at radius 3 is 1.38 bits per heavy atom. The molecule has 50 heavy (non-hydrogen) atoms. The summed E-state index contributed by atoms with van der Waals surface area (Å²) >= 11 is 0. The third-order valence-corrected chi connectivity index (χ3v) is 10.0. The van der Waals surface area contributed by atoms with Crippen molar-refractivity contribution >= 4 is 71.3 Å². The van der Waals surface area contributed by atoms with Gasteiger partial charge in [-0.2, -0.15) is 0 Å². The monoisotopic (exact) mass is 637 g/mol. The van der Waals surface area contributed by atoms with Crippen LogP contribution in [-0.4, -0.2) is 0 Å². The lowest BCUT2D eigenvalue weighted by molar-refractivity contribution is 0.669. The van der Waals surface area contributed by atoms with Crippen molar-refractivity contribution in [1.29, 1.82) is 0 Å². The van der Waals surface area contributed by atoms with Crippen LogP contribution >= 0.6 is 0 Å². The molecule has 0 fully saturated rings. The standard InChI is InChI=1S/C48H31NO/c1-3-15-32(16-4-1)35-27-29-44(40-23-11-9-21-38(35)40)49(45-30-28-36(33-17-5-2-6-18-33)39-22-10-12-24-41(39)45)47-37-20-8-7-19-34(37)31-43-42-25-13-14-26-46(42)50-48(43)47/h1-31H. The second-order valence-corrected chi connectivity index (χ2v) is 12.8. The first-order chi connectivity index (χ1) is 24.8. The molecular weight excluding hydrogens is 607 g/mol. The largest absolute Gasteiger partial charge is 0.454 e. The summed E-state index contributed by atoms with van der Waals surface area (Å²) in [5.41, 5.74) is 9.79. The number of fused-ring (bicyclic) bond motifs is 6. The molecule has 0 spiro atoms. The van der Waals surface area contributed by atoms with E-state index in [1.165, 1.54) is 49.2 Å². The van der Waals surface area contributed by atoms with Crippen LogP contribution in [0, 0.1) is 0 Å². The van der Waals surface area contributed by atoms with Gasteiger partial charge in [0, 0.05) is 26.9 Å². The summed E-state index contributed by atoms with van der Waals surface area (Å²) in [6.07, 6.45) is 0. The van der Waals surface area contributed by atoms with E-state index in [9.17, 15) is 0 Å².